The van der Waals surface area contributed by atoms with E-state index in [0.29, 0.717) is 41.0 Å². The zero-order valence-electron chi connectivity index (χ0n) is 18.3. The smallest absolute Gasteiger partial charge is 0.283 e. The van der Waals surface area contributed by atoms with Crippen LogP contribution in [0.15, 0.2) is 59.7 Å². The van der Waals surface area contributed by atoms with Gasteiger partial charge in [-0.2, -0.15) is 0 Å². The summed E-state index contributed by atoms with van der Waals surface area (Å²) in [5, 5.41) is 0.447. The van der Waals surface area contributed by atoms with Gasteiger partial charge in [0.25, 0.3) is 6.02 Å². The Morgan fingerprint density at radius 3 is 2.68 bits per heavy atom. The van der Waals surface area contributed by atoms with Gasteiger partial charge in [0.05, 0.1) is 18.8 Å². The molecule has 1 atom stereocenters. The molecule has 0 bridgehead atoms. The number of amidine groups is 1. The van der Waals surface area contributed by atoms with E-state index < -0.39 is 5.54 Å². The predicted octanol–water partition coefficient (Wildman–Crippen LogP) is 5.29. The van der Waals surface area contributed by atoms with E-state index in [1.165, 1.54) is 12.1 Å². The van der Waals surface area contributed by atoms with E-state index in [2.05, 4.69) is 18.0 Å². The van der Waals surface area contributed by atoms with Crippen molar-refractivity contribution in [2.45, 2.75) is 12.5 Å². The molecule has 2 N–H and O–H groups in total. The molecule has 1 aromatic heterocycles. The summed E-state index contributed by atoms with van der Waals surface area (Å²) in [6, 6.07) is 12.0. The third-order valence-corrected chi connectivity index (χ3v) is 6.70. The third-order valence-electron chi connectivity index (χ3n) is 6.46. The van der Waals surface area contributed by atoms with Crippen LogP contribution in [0.25, 0.3) is 17.2 Å². The lowest BCUT2D eigenvalue weighted by molar-refractivity contribution is -0.0703. The molecule has 0 aliphatic carbocycles. The largest absolute Gasteiger partial charge is 0.462 e. The third kappa shape index (κ3) is 3.35. The molecular weight excluding hydrogens is 457 g/mol. The van der Waals surface area contributed by atoms with Crippen molar-refractivity contribution in [2.24, 2.45) is 16.1 Å². The zero-order chi connectivity index (χ0) is 23.5. The van der Waals surface area contributed by atoms with Crippen LogP contribution in [-0.4, -0.2) is 30.8 Å². The Morgan fingerprint density at radius 2 is 1.94 bits per heavy atom. The van der Waals surface area contributed by atoms with E-state index in [1.54, 1.807) is 24.4 Å². The number of nitrogens with two attached hydrogens (primary N) is 1. The van der Waals surface area contributed by atoms with E-state index in [-0.39, 0.29) is 23.9 Å². The van der Waals surface area contributed by atoms with Gasteiger partial charge in [0.2, 0.25) is 5.88 Å². The van der Waals surface area contributed by atoms with Crippen LogP contribution in [0.5, 0.6) is 11.6 Å². The van der Waals surface area contributed by atoms with E-state index in [4.69, 9.17) is 36.5 Å². The van der Waals surface area contributed by atoms with Crippen LogP contribution >= 0.6 is 11.6 Å². The number of aliphatic imine (C=N–C) groups is 1. The summed E-state index contributed by atoms with van der Waals surface area (Å²) in [5.41, 5.74) is 8.44. The highest BCUT2D eigenvalue weighted by Gasteiger charge is 2.48. The number of rotatable bonds is 3. The molecule has 1 fully saturated rings. The van der Waals surface area contributed by atoms with Gasteiger partial charge in [-0.1, -0.05) is 36.7 Å². The van der Waals surface area contributed by atoms with Gasteiger partial charge in [-0.3, -0.25) is 0 Å². The normalized spacial score (nSPS) is 21.9. The molecule has 0 unspecified atom stereocenters. The second-order valence-electron chi connectivity index (χ2n) is 9.14. The monoisotopic (exact) mass is 477 g/mol. The maximum atomic E-state index is 14.6. The molecule has 0 amide bonds. The molecule has 172 valence electrons. The van der Waals surface area contributed by atoms with Gasteiger partial charge < -0.3 is 19.9 Å². The van der Waals surface area contributed by atoms with E-state index in [1.807, 2.05) is 18.2 Å². The number of hydrogen-bond donors (Lipinski definition) is 1. The van der Waals surface area contributed by atoms with Gasteiger partial charge in [-0.25, -0.2) is 14.4 Å². The lowest BCUT2D eigenvalue weighted by atomic mass is 9.80. The number of fused-ring (bicyclic) bond motifs is 4. The van der Waals surface area contributed by atoms with Crippen molar-refractivity contribution in [2.75, 3.05) is 19.8 Å². The van der Waals surface area contributed by atoms with Crippen molar-refractivity contribution >= 4 is 23.7 Å². The Kier molecular flexibility index (Phi) is 4.69. The first-order valence-electron chi connectivity index (χ1n) is 10.9. The van der Waals surface area contributed by atoms with Crippen LogP contribution in [0, 0.1) is 11.2 Å². The molecule has 1 spiro atoms. The van der Waals surface area contributed by atoms with Crippen LogP contribution in [0.3, 0.4) is 0 Å². The average molecular weight is 478 g/mol. The second kappa shape index (κ2) is 7.55. The quantitative estimate of drug-likeness (QED) is 0.555. The molecule has 3 aromatic rings. The second-order valence-corrected chi connectivity index (χ2v) is 9.57. The van der Waals surface area contributed by atoms with Gasteiger partial charge in [-0.05, 0) is 47.5 Å². The van der Waals surface area contributed by atoms with Crippen molar-refractivity contribution in [3.05, 3.63) is 82.3 Å². The molecular formula is C26H21ClFN3O3. The summed E-state index contributed by atoms with van der Waals surface area (Å²) in [6.07, 6.45) is 5.92. The van der Waals surface area contributed by atoms with E-state index >= 15 is 0 Å². The summed E-state index contributed by atoms with van der Waals surface area (Å²) >= 11 is 6.14. The fourth-order valence-corrected chi connectivity index (χ4v) is 4.71. The van der Waals surface area contributed by atoms with Crippen LogP contribution in [0.1, 0.15) is 23.6 Å². The first kappa shape index (κ1) is 21.1. The molecule has 0 saturated carbocycles. The minimum absolute atomic E-state index is 0.0195. The van der Waals surface area contributed by atoms with Crippen LogP contribution in [0.2, 0.25) is 5.02 Å². The van der Waals surface area contributed by atoms with Gasteiger partial charge in [-0.15, -0.1) is 0 Å². The SMILES string of the molecule is CC1(/C=C/c2cnc3c(c2)[C@]2(COC(N)=N2)c2cc(-c4cc(Cl)ccc4F)ccc2O3)COC1. The fourth-order valence-electron chi connectivity index (χ4n) is 4.54. The number of hydrogen-bond acceptors (Lipinski definition) is 6. The zero-order valence-corrected chi connectivity index (χ0v) is 19.1. The number of nitrogens with zero attached hydrogens (tertiary/aromatic N) is 2. The van der Waals surface area contributed by atoms with Gasteiger partial charge >= 0.3 is 0 Å². The molecule has 6 nitrogen and oxygen atoms in total. The molecule has 4 heterocycles. The first-order valence-corrected chi connectivity index (χ1v) is 11.3. The molecule has 2 aromatic carbocycles. The standard InChI is InChI=1S/C26H21ClFN3O3/c1-25(12-32-13-25)7-6-15-8-20-23(30-11-15)34-22-5-2-16(18-10-17(27)3-4-21(18)28)9-19(22)26(20)14-33-24(29)31-26/h2-11H,12-14H2,1H3,(H2,29,31)/b7-6+/t26-/m0/s1. The maximum Gasteiger partial charge on any atom is 0.283 e. The maximum absolute atomic E-state index is 14.6. The highest BCUT2D eigenvalue weighted by atomic mass is 35.5. The van der Waals surface area contributed by atoms with E-state index in [9.17, 15) is 4.39 Å². The summed E-state index contributed by atoms with van der Waals surface area (Å²) in [5.74, 6) is 0.631. The number of halogens is 2. The molecule has 0 radical (unpaired) electrons. The Balaban J connectivity index is 1.49. The van der Waals surface area contributed by atoms with Crippen molar-refractivity contribution in [1.29, 1.82) is 0 Å². The van der Waals surface area contributed by atoms with Crippen molar-refractivity contribution in [1.82, 2.24) is 4.98 Å². The highest BCUT2D eigenvalue weighted by Crippen LogP contribution is 2.51. The molecule has 1 saturated heterocycles. The molecule has 3 aliphatic rings. The Morgan fingerprint density at radius 1 is 1.09 bits per heavy atom. The minimum Gasteiger partial charge on any atom is -0.462 e. The van der Waals surface area contributed by atoms with Gasteiger partial charge in [0.15, 0.2) is 5.54 Å². The first-order chi connectivity index (χ1) is 16.4. The number of aromatic nitrogens is 1. The highest BCUT2D eigenvalue weighted by molar-refractivity contribution is 6.30. The molecule has 6 rings (SSSR count). The Labute approximate surface area is 200 Å². The van der Waals surface area contributed by atoms with Gasteiger partial charge in [0.1, 0.15) is 18.2 Å². The lowest BCUT2D eigenvalue weighted by Crippen LogP contribution is -2.37. The average Bonchev–Trinajstić information content (AvgIpc) is 3.20. The van der Waals surface area contributed by atoms with Crippen LogP contribution < -0.4 is 10.5 Å². The Hall–Kier alpha value is -3.42. The summed E-state index contributed by atoms with van der Waals surface area (Å²) in [6.45, 7) is 3.72. The molecule has 3 aliphatic heterocycles. The van der Waals surface area contributed by atoms with Crippen molar-refractivity contribution in [3.63, 3.8) is 0 Å². The summed E-state index contributed by atoms with van der Waals surface area (Å²) in [4.78, 5) is 9.27. The molecule has 8 heteroatoms. The predicted molar refractivity (Wildman–Crippen MR) is 127 cm³/mol. The molecule has 34 heavy (non-hydrogen) atoms. The minimum atomic E-state index is -0.960. The van der Waals surface area contributed by atoms with Crippen LogP contribution in [0.4, 0.5) is 4.39 Å². The van der Waals surface area contributed by atoms with Crippen molar-refractivity contribution in [3.8, 4) is 22.8 Å². The van der Waals surface area contributed by atoms with Crippen LogP contribution in [-0.2, 0) is 15.0 Å². The summed E-state index contributed by atoms with van der Waals surface area (Å²) in [7, 11) is 0. The fraction of sp³-hybridized carbons (Fsp3) is 0.231. The number of ether oxygens (including phenoxy) is 3. The lowest BCUT2D eigenvalue weighted by Gasteiger charge is -2.35. The van der Waals surface area contributed by atoms with Gasteiger partial charge in [0, 0.05) is 27.8 Å². The summed E-state index contributed by atoms with van der Waals surface area (Å²) < 4.78 is 31.8. The number of pyridine rings is 1. The van der Waals surface area contributed by atoms with E-state index in [0.717, 1.165) is 16.7 Å². The topological polar surface area (TPSA) is 79.0 Å². The Bertz CT molecular complexity index is 1390. The van der Waals surface area contributed by atoms with Crippen molar-refractivity contribution < 1.29 is 18.6 Å². The number of benzene rings is 2.